The molecule has 2 aromatic rings. The van der Waals surface area contributed by atoms with Gasteiger partial charge in [-0.15, -0.1) is 0 Å². The maximum atomic E-state index is 12.0. The Balaban J connectivity index is 1.97. The molecule has 1 aromatic heterocycles. The van der Waals surface area contributed by atoms with E-state index in [4.69, 9.17) is 11.1 Å². The first-order valence-corrected chi connectivity index (χ1v) is 6.56. The summed E-state index contributed by atoms with van der Waals surface area (Å²) < 4.78 is 0. The van der Waals surface area contributed by atoms with E-state index in [1.165, 1.54) is 12.4 Å². The van der Waals surface area contributed by atoms with Gasteiger partial charge in [-0.2, -0.15) is 0 Å². The summed E-state index contributed by atoms with van der Waals surface area (Å²) in [6, 6.07) is 9.77. The van der Waals surface area contributed by atoms with Crippen LogP contribution < -0.4 is 16.4 Å². The summed E-state index contributed by atoms with van der Waals surface area (Å²) in [6.45, 7) is 0.585. The zero-order valence-corrected chi connectivity index (χ0v) is 11.8. The van der Waals surface area contributed by atoms with E-state index in [-0.39, 0.29) is 11.5 Å². The molecule has 0 bridgehead atoms. The van der Waals surface area contributed by atoms with Crippen LogP contribution >= 0.6 is 0 Å². The Morgan fingerprint density at radius 1 is 1.23 bits per heavy atom. The van der Waals surface area contributed by atoms with Gasteiger partial charge in [-0.05, 0) is 5.56 Å². The molecule has 5 N–H and O–H groups in total. The third kappa shape index (κ3) is 4.14. The smallest absolute Gasteiger partial charge is 0.278 e. The fourth-order valence-electron chi connectivity index (χ4n) is 1.70. The molecule has 0 atom stereocenters. The van der Waals surface area contributed by atoms with E-state index in [0.717, 1.165) is 11.8 Å². The number of amides is 1. The monoisotopic (exact) mass is 296 g/mol. The molecular weight excluding hydrogens is 280 g/mol. The van der Waals surface area contributed by atoms with Crippen LogP contribution in [0.15, 0.2) is 54.6 Å². The number of benzene rings is 1. The van der Waals surface area contributed by atoms with Crippen molar-refractivity contribution in [3.8, 4) is 0 Å². The average Bonchev–Trinajstić information content (AvgIpc) is 2.55. The first kappa shape index (κ1) is 15.2. The summed E-state index contributed by atoms with van der Waals surface area (Å²) in [6.07, 6.45) is 5.36. The van der Waals surface area contributed by atoms with Gasteiger partial charge in [-0.3, -0.25) is 4.79 Å². The van der Waals surface area contributed by atoms with Crippen molar-refractivity contribution in [2.45, 2.75) is 6.54 Å². The molecule has 2 rings (SSSR count). The third-order valence-corrected chi connectivity index (χ3v) is 2.76. The number of nitrogen functional groups attached to an aromatic ring is 1. The average molecular weight is 296 g/mol. The van der Waals surface area contributed by atoms with E-state index in [9.17, 15) is 4.79 Å². The van der Waals surface area contributed by atoms with Gasteiger partial charge in [0.25, 0.3) is 5.91 Å². The van der Waals surface area contributed by atoms with Gasteiger partial charge in [0, 0.05) is 31.4 Å². The highest BCUT2D eigenvalue weighted by Gasteiger charge is 2.12. The number of nitrogens with one attached hydrogen (secondary N) is 3. The summed E-state index contributed by atoms with van der Waals surface area (Å²) in [5.41, 5.74) is 7.00. The van der Waals surface area contributed by atoms with Gasteiger partial charge in [0.1, 0.15) is 0 Å². The maximum Gasteiger partial charge on any atom is 0.278 e. The Kier molecular flexibility index (Phi) is 5.20. The first-order chi connectivity index (χ1) is 10.7. The number of nitrogens with zero attached hydrogens (tertiary/aromatic N) is 2. The standard InChI is InChI=1S/C15H16N6O/c16-8-12(10-18-9-11-4-2-1-3-5-11)21-15(22)13-14(17)20-7-6-19-13/h1-8,10,16,18H,9H2,(H2,17,20)(H,21,22)/b12-10+,16-8?. The van der Waals surface area contributed by atoms with Crippen molar-refractivity contribution in [3.05, 3.63) is 65.9 Å². The maximum absolute atomic E-state index is 12.0. The zero-order chi connectivity index (χ0) is 15.8. The lowest BCUT2D eigenvalue weighted by atomic mass is 10.2. The molecule has 1 heterocycles. The molecule has 0 spiro atoms. The van der Waals surface area contributed by atoms with Crippen LogP contribution in [0, 0.1) is 5.41 Å². The molecule has 0 saturated carbocycles. The molecule has 7 heteroatoms. The van der Waals surface area contributed by atoms with E-state index in [1.54, 1.807) is 6.20 Å². The molecule has 0 fully saturated rings. The van der Waals surface area contributed by atoms with Crippen molar-refractivity contribution < 1.29 is 4.79 Å². The highest BCUT2D eigenvalue weighted by molar-refractivity contribution is 5.99. The number of hydrogen-bond donors (Lipinski definition) is 4. The predicted octanol–water partition coefficient (Wildman–Crippen LogP) is 1.07. The van der Waals surface area contributed by atoms with Crippen molar-refractivity contribution in [1.82, 2.24) is 20.6 Å². The number of aromatic nitrogens is 2. The predicted molar refractivity (Wildman–Crippen MR) is 84.1 cm³/mol. The topological polar surface area (TPSA) is 117 Å². The van der Waals surface area contributed by atoms with Crippen molar-refractivity contribution in [2.75, 3.05) is 5.73 Å². The number of anilines is 1. The summed E-state index contributed by atoms with van der Waals surface area (Å²) in [5.74, 6) is -0.469. The lowest BCUT2D eigenvalue weighted by Crippen LogP contribution is -2.27. The number of carbonyl (C=O) groups is 1. The van der Waals surface area contributed by atoms with Crippen molar-refractivity contribution in [1.29, 1.82) is 5.41 Å². The van der Waals surface area contributed by atoms with Crippen molar-refractivity contribution >= 4 is 17.9 Å². The summed E-state index contributed by atoms with van der Waals surface area (Å²) >= 11 is 0. The number of nitrogens with two attached hydrogens (primary N) is 1. The molecule has 0 aliphatic carbocycles. The van der Waals surface area contributed by atoms with E-state index in [0.29, 0.717) is 12.2 Å². The summed E-state index contributed by atoms with van der Waals surface area (Å²) in [4.78, 5) is 19.7. The normalized spacial score (nSPS) is 10.8. The van der Waals surface area contributed by atoms with Crippen molar-refractivity contribution in [3.63, 3.8) is 0 Å². The van der Waals surface area contributed by atoms with Gasteiger partial charge in [0.05, 0.1) is 5.70 Å². The molecule has 1 amide bonds. The summed E-state index contributed by atoms with van der Waals surface area (Å²) in [7, 11) is 0. The molecule has 0 aliphatic rings. The van der Waals surface area contributed by atoms with E-state index in [2.05, 4.69) is 20.6 Å². The number of allylic oxidation sites excluding steroid dienone is 1. The summed E-state index contributed by atoms with van der Waals surface area (Å²) in [5, 5.41) is 12.9. The van der Waals surface area contributed by atoms with Crippen LogP contribution in [0.5, 0.6) is 0 Å². The second kappa shape index (κ2) is 7.53. The van der Waals surface area contributed by atoms with Crippen LogP contribution in [-0.4, -0.2) is 22.1 Å². The molecule has 7 nitrogen and oxygen atoms in total. The van der Waals surface area contributed by atoms with Gasteiger partial charge in [-0.1, -0.05) is 30.3 Å². The molecule has 0 aliphatic heterocycles. The minimum absolute atomic E-state index is 0.0262. The lowest BCUT2D eigenvalue weighted by Gasteiger charge is -2.07. The Morgan fingerprint density at radius 2 is 1.95 bits per heavy atom. The third-order valence-electron chi connectivity index (χ3n) is 2.76. The molecule has 0 radical (unpaired) electrons. The lowest BCUT2D eigenvalue weighted by molar-refractivity contribution is 0.0963. The number of carbonyl (C=O) groups excluding carboxylic acids is 1. The van der Waals surface area contributed by atoms with E-state index in [1.807, 2.05) is 30.3 Å². The highest BCUT2D eigenvalue weighted by atomic mass is 16.1. The van der Waals surface area contributed by atoms with E-state index < -0.39 is 5.91 Å². The van der Waals surface area contributed by atoms with Gasteiger partial charge in [0.2, 0.25) is 0 Å². The molecule has 112 valence electrons. The molecule has 22 heavy (non-hydrogen) atoms. The minimum atomic E-state index is -0.512. The van der Waals surface area contributed by atoms with Crippen LogP contribution in [0.4, 0.5) is 5.82 Å². The van der Waals surface area contributed by atoms with Crippen molar-refractivity contribution in [2.24, 2.45) is 0 Å². The van der Waals surface area contributed by atoms with Crippen LogP contribution in [0.1, 0.15) is 16.1 Å². The largest absolute Gasteiger partial charge is 0.385 e. The van der Waals surface area contributed by atoms with Crippen LogP contribution in [0.3, 0.4) is 0 Å². The Labute approximate surface area is 127 Å². The fraction of sp³-hybridized carbons (Fsp3) is 0.0667. The first-order valence-electron chi connectivity index (χ1n) is 6.56. The molecule has 1 aromatic carbocycles. The second-order valence-electron chi connectivity index (χ2n) is 4.35. The Hall–Kier alpha value is -3.22. The second-order valence-corrected chi connectivity index (χ2v) is 4.35. The zero-order valence-electron chi connectivity index (χ0n) is 11.8. The fourth-order valence-corrected chi connectivity index (χ4v) is 1.70. The van der Waals surface area contributed by atoms with E-state index >= 15 is 0 Å². The quantitative estimate of drug-likeness (QED) is 0.595. The van der Waals surface area contributed by atoms with Crippen LogP contribution in [0.25, 0.3) is 0 Å². The minimum Gasteiger partial charge on any atom is -0.385 e. The molecular formula is C15H16N6O. The Bertz CT molecular complexity index is 683. The van der Waals surface area contributed by atoms with Gasteiger partial charge < -0.3 is 21.8 Å². The SMILES string of the molecule is N=C/C(=C\NCc1ccccc1)NC(=O)c1nccnc1N. The van der Waals surface area contributed by atoms with Gasteiger partial charge in [0.15, 0.2) is 11.5 Å². The van der Waals surface area contributed by atoms with Crippen LogP contribution in [-0.2, 0) is 6.54 Å². The van der Waals surface area contributed by atoms with Gasteiger partial charge >= 0.3 is 0 Å². The Morgan fingerprint density at radius 3 is 2.64 bits per heavy atom. The highest BCUT2D eigenvalue weighted by Crippen LogP contribution is 2.03. The number of rotatable bonds is 6. The molecule has 0 unspecified atom stereocenters. The van der Waals surface area contributed by atoms with Crippen LogP contribution in [0.2, 0.25) is 0 Å². The molecule has 0 saturated heterocycles. The van der Waals surface area contributed by atoms with Gasteiger partial charge in [-0.25, -0.2) is 9.97 Å². The number of hydrogen-bond acceptors (Lipinski definition) is 6.